The number of alkyl halides is 1. The van der Waals surface area contributed by atoms with Gasteiger partial charge in [-0.25, -0.2) is 18.3 Å². The maximum absolute atomic E-state index is 3.51. The molecule has 0 aliphatic carbocycles. The van der Waals surface area contributed by atoms with Gasteiger partial charge in [-0.15, -0.1) is 0 Å². The highest BCUT2D eigenvalue weighted by Crippen LogP contribution is 2.09. The summed E-state index contributed by atoms with van der Waals surface area (Å²) >= 11 is 3.51. The van der Waals surface area contributed by atoms with Gasteiger partial charge in [-0.05, 0) is 35.1 Å². The lowest BCUT2D eigenvalue weighted by Gasteiger charge is -2.02. The molecule has 2 aromatic heterocycles. The fourth-order valence-corrected chi connectivity index (χ4v) is 4.86. The fourth-order valence-electron chi connectivity index (χ4n) is 4.48. The molecule has 4 rings (SSSR count). The van der Waals surface area contributed by atoms with Crippen molar-refractivity contribution in [1.82, 2.24) is 9.13 Å². The average Bonchev–Trinajstić information content (AvgIpc) is 3.52. The summed E-state index contributed by atoms with van der Waals surface area (Å²) in [6.07, 6.45) is 21.2. The van der Waals surface area contributed by atoms with Crippen molar-refractivity contribution in [2.75, 3.05) is 0 Å². The van der Waals surface area contributed by atoms with Crippen LogP contribution in [0.5, 0.6) is 0 Å². The van der Waals surface area contributed by atoms with Crippen molar-refractivity contribution in [3.8, 4) is 0 Å². The zero-order chi connectivity index (χ0) is 24.3. The number of hydrogen-bond acceptors (Lipinski definition) is 0. The second-order valence-electron chi connectivity index (χ2n) is 9.62. The Morgan fingerprint density at radius 2 is 1.14 bits per heavy atom. The Morgan fingerprint density at radius 3 is 1.77 bits per heavy atom. The van der Waals surface area contributed by atoms with Crippen LogP contribution >= 0.6 is 15.9 Å². The summed E-state index contributed by atoms with van der Waals surface area (Å²) in [5.74, 6) is 0. The number of imidazole rings is 2. The monoisotopic (exact) mass is 534 g/mol. The van der Waals surface area contributed by atoms with Gasteiger partial charge in [0.25, 0.3) is 0 Å². The van der Waals surface area contributed by atoms with E-state index in [-0.39, 0.29) is 0 Å². The number of rotatable bonds is 14. The van der Waals surface area contributed by atoms with E-state index in [1.165, 1.54) is 60.8 Å². The first-order valence-electron chi connectivity index (χ1n) is 13.0. The fraction of sp³-hybridized carbons (Fsp3) is 0.400. The molecule has 0 atom stereocenters. The van der Waals surface area contributed by atoms with E-state index in [0.29, 0.717) is 0 Å². The predicted molar refractivity (Wildman–Crippen MR) is 145 cm³/mol. The standard InChI is InChI=1S/C30H39BrN4/c1-2-3-4-5-6-7-16-32-17-18-33(25-32)22-29-12-14-30(15-13-29)24-35-20-19-34(26-35)23-28-10-8-27(21-31)9-11-28/h8-15,17-20,25-26H,2-7,16,21-24H2,1H3/q+2. The molecule has 5 heteroatoms. The van der Waals surface area contributed by atoms with Gasteiger partial charge in [-0.1, -0.05) is 97.1 Å². The quantitative estimate of drug-likeness (QED) is 0.103. The molecule has 2 aromatic carbocycles. The van der Waals surface area contributed by atoms with E-state index in [1.807, 2.05) is 0 Å². The van der Waals surface area contributed by atoms with Crippen molar-refractivity contribution in [3.05, 3.63) is 108 Å². The number of aromatic nitrogens is 4. The number of aryl methyl sites for hydroxylation is 1. The number of halogens is 1. The lowest BCUT2D eigenvalue weighted by Crippen LogP contribution is -2.31. The Labute approximate surface area is 219 Å². The van der Waals surface area contributed by atoms with Crippen LogP contribution < -0.4 is 9.13 Å². The molecule has 0 aliphatic heterocycles. The highest BCUT2D eigenvalue weighted by molar-refractivity contribution is 9.08. The second kappa shape index (κ2) is 13.4. The molecule has 0 N–H and O–H groups in total. The molecule has 0 saturated carbocycles. The van der Waals surface area contributed by atoms with Crippen LogP contribution in [-0.2, 0) is 31.5 Å². The van der Waals surface area contributed by atoms with Gasteiger partial charge < -0.3 is 0 Å². The third kappa shape index (κ3) is 8.21. The number of nitrogens with zero attached hydrogens (tertiary/aromatic N) is 4. The number of hydrogen-bond donors (Lipinski definition) is 0. The molecule has 0 unspecified atom stereocenters. The summed E-state index contributed by atoms with van der Waals surface area (Å²) in [5.41, 5.74) is 5.29. The number of unbranched alkanes of at least 4 members (excludes halogenated alkanes) is 5. The summed E-state index contributed by atoms with van der Waals surface area (Å²) in [6, 6.07) is 17.8. The van der Waals surface area contributed by atoms with E-state index in [2.05, 4.69) is 127 Å². The molecule has 0 aliphatic rings. The van der Waals surface area contributed by atoms with Crippen LogP contribution in [0, 0.1) is 0 Å². The van der Waals surface area contributed by atoms with E-state index in [4.69, 9.17) is 0 Å². The van der Waals surface area contributed by atoms with Crippen molar-refractivity contribution in [2.24, 2.45) is 0 Å². The molecule has 4 nitrogen and oxygen atoms in total. The predicted octanol–water partition coefficient (Wildman–Crippen LogP) is 6.26. The van der Waals surface area contributed by atoms with Crippen LogP contribution in [0.1, 0.15) is 67.7 Å². The zero-order valence-corrected chi connectivity index (χ0v) is 22.6. The Bertz CT molecular complexity index is 1140. The first kappa shape index (κ1) is 25.4. The zero-order valence-electron chi connectivity index (χ0n) is 21.0. The summed E-state index contributed by atoms with van der Waals surface area (Å²) in [4.78, 5) is 0. The molecule has 0 spiro atoms. The van der Waals surface area contributed by atoms with E-state index in [9.17, 15) is 0 Å². The lowest BCUT2D eigenvalue weighted by atomic mass is 10.1. The largest absolute Gasteiger partial charge is 0.244 e. The highest BCUT2D eigenvalue weighted by atomic mass is 79.9. The van der Waals surface area contributed by atoms with Gasteiger partial charge in [0.2, 0.25) is 12.7 Å². The molecular formula is C30H39BrN4+2. The molecule has 0 saturated heterocycles. The van der Waals surface area contributed by atoms with Crippen molar-refractivity contribution in [1.29, 1.82) is 0 Å². The van der Waals surface area contributed by atoms with Crippen molar-refractivity contribution >= 4 is 15.9 Å². The maximum Gasteiger partial charge on any atom is 0.244 e. The molecule has 0 radical (unpaired) electrons. The molecule has 2 heterocycles. The number of benzene rings is 2. The van der Waals surface area contributed by atoms with E-state index in [1.54, 1.807) is 0 Å². The van der Waals surface area contributed by atoms with Crippen LogP contribution in [0.3, 0.4) is 0 Å². The average molecular weight is 536 g/mol. The van der Waals surface area contributed by atoms with Crippen LogP contribution in [0.4, 0.5) is 0 Å². The lowest BCUT2D eigenvalue weighted by molar-refractivity contribution is -0.688. The van der Waals surface area contributed by atoms with Crippen molar-refractivity contribution < 1.29 is 9.13 Å². The minimum absolute atomic E-state index is 0.886. The third-order valence-corrected chi connectivity index (χ3v) is 7.21. The van der Waals surface area contributed by atoms with Gasteiger partial charge in [-0.3, -0.25) is 0 Å². The highest BCUT2D eigenvalue weighted by Gasteiger charge is 2.08. The topological polar surface area (TPSA) is 17.6 Å². The van der Waals surface area contributed by atoms with Crippen LogP contribution in [-0.4, -0.2) is 9.13 Å². The smallest absolute Gasteiger partial charge is 0.237 e. The summed E-state index contributed by atoms with van der Waals surface area (Å²) < 4.78 is 9.10. The van der Waals surface area contributed by atoms with E-state index in [0.717, 1.165) is 31.5 Å². The van der Waals surface area contributed by atoms with Gasteiger partial charge in [0.1, 0.15) is 44.4 Å². The SMILES string of the molecule is CCCCCCCCn1cc[n+](Cc2ccc(Cn3cc[n+](Cc4ccc(CBr)cc4)c3)cc2)c1. The van der Waals surface area contributed by atoms with Crippen LogP contribution in [0.25, 0.3) is 0 Å². The maximum atomic E-state index is 3.51. The molecule has 184 valence electrons. The summed E-state index contributed by atoms with van der Waals surface area (Å²) in [7, 11) is 0. The second-order valence-corrected chi connectivity index (χ2v) is 10.2. The molecule has 4 aromatic rings. The van der Waals surface area contributed by atoms with E-state index >= 15 is 0 Å². The van der Waals surface area contributed by atoms with Crippen molar-refractivity contribution in [2.45, 2.75) is 77.0 Å². The minimum Gasteiger partial charge on any atom is -0.237 e. The normalized spacial score (nSPS) is 11.3. The molecule has 0 amide bonds. The molecule has 0 fully saturated rings. The molecule has 0 bridgehead atoms. The van der Waals surface area contributed by atoms with E-state index < -0.39 is 0 Å². The van der Waals surface area contributed by atoms with Gasteiger partial charge in [-0.2, -0.15) is 0 Å². The molecular weight excluding hydrogens is 496 g/mol. The van der Waals surface area contributed by atoms with Crippen molar-refractivity contribution in [3.63, 3.8) is 0 Å². The summed E-state index contributed by atoms with van der Waals surface area (Å²) in [6.45, 7) is 6.09. The van der Waals surface area contributed by atoms with Crippen LogP contribution in [0.2, 0.25) is 0 Å². The van der Waals surface area contributed by atoms with Gasteiger partial charge in [0, 0.05) is 5.33 Å². The van der Waals surface area contributed by atoms with Gasteiger partial charge in [0.15, 0.2) is 0 Å². The Kier molecular flexibility index (Phi) is 9.76. The molecule has 35 heavy (non-hydrogen) atoms. The Morgan fingerprint density at radius 1 is 0.629 bits per heavy atom. The Balaban J connectivity index is 1.23. The minimum atomic E-state index is 0.886. The Hall–Kier alpha value is -2.66. The first-order chi connectivity index (χ1) is 17.2. The van der Waals surface area contributed by atoms with Crippen LogP contribution in [0.15, 0.2) is 86.0 Å². The first-order valence-corrected chi connectivity index (χ1v) is 14.1. The summed E-state index contributed by atoms with van der Waals surface area (Å²) in [5, 5.41) is 0.903. The third-order valence-electron chi connectivity index (χ3n) is 6.56. The van der Waals surface area contributed by atoms with Gasteiger partial charge in [0.05, 0.1) is 6.54 Å². The van der Waals surface area contributed by atoms with Gasteiger partial charge >= 0.3 is 0 Å².